The topological polar surface area (TPSA) is 98.5 Å². The van der Waals surface area contributed by atoms with Gasteiger partial charge in [0.15, 0.2) is 17.5 Å². The largest absolute Gasteiger partial charge is 0.454 e. The maximum absolute atomic E-state index is 5.67. The van der Waals surface area contributed by atoms with Crippen LogP contribution in [-0.2, 0) is 6.54 Å². The Morgan fingerprint density at radius 3 is 2.65 bits per heavy atom. The molecule has 4 N–H and O–H groups in total. The lowest BCUT2D eigenvalue weighted by Crippen LogP contribution is -2.32. The summed E-state index contributed by atoms with van der Waals surface area (Å²) < 4.78 is 10.5. The molecule has 0 fully saturated rings. The van der Waals surface area contributed by atoms with Crippen molar-refractivity contribution in [3.05, 3.63) is 23.8 Å². The lowest BCUT2D eigenvalue weighted by Gasteiger charge is -2.09. The number of fused-ring (bicyclic) bond motifs is 1. The molecule has 0 unspecified atom stereocenters. The van der Waals surface area contributed by atoms with Crippen LogP contribution in [0.5, 0.6) is 11.5 Å². The Morgan fingerprint density at radius 2 is 1.95 bits per heavy atom. The fraction of sp³-hybridized carbons (Fsp3) is 0.333. The zero-order valence-corrected chi connectivity index (χ0v) is 12.2. The maximum atomic E-state index is 5.67. The van der Waals surface area contributed by atoms with Crippen LogP contribution in [0.4, 0.5) is 0 Å². The van der Waals surface area contributed by atoms with E-state index in [4.69, 9.17) is 20.9 Å². The van der Waals surface area contributed by atoms with Crippen LogP contribution in [0, 0.1) is 0 Å². The first-order valence-electron chi connectivity index (χ1n) is 5.76. The molecule has 1 aromatic rings. The Kier molecular flexibility index (Phi) is 5.45. The average Bonchev–Trinajstić information content (AvgIpc) is 2.83. The molecule has 1 aromatic carbocycles. The van der Waals surface area contributed by atoms with E-state index in [1.165, 1.54) is 0 Å². The molecule has 0 saturated carbocycles. The molecule has 0 bridgehead atoms. The number of guanidine groups is 2. The van der Waals surface area contributed by atoms with E-state index in [0.717, 1.165) is 17.1 Å². The number of ether oxygens (including phenoxy) is 2. The van der Waals surface area contributed by atoms with Gasteiger partial charge in [0.1, 0.15) is 0 Å². The van der Waals surface area contributed by atoms with Crippen molar-refractivity contribution in [3.63, 3.8) is 0 Å². The highest BCUT2D eigenvalue weighted by molar-refractivity contribution is 5.93. The lowest BCUT2D eigenvalue weighted by molar-refractivity contribution is 0.174. The van der Waals surface area contributed by atoms with E-state index in [1.807, 2.05) is 18.2 Å². The lowest BCUT2D eigenvalue weighted by atomic mass is 10.2. The van der Waals surface area contributed by atoms with E-state index < -0.39 is 0 Å². The molecule has 2 rings (SSSR count). The highest BCUT2D eigenvalue weighted by atomic mass is 35.5. The Bertz CT molecular complexity index is 531. The van der Waals surface area contributed by atoms with Gasteiger partial charge < -0.3 is 25.8 Å². The van der Waals surface area contributed by atoms with Crippen LogP contribution in [0.1, 0.15) is 5.56 Å². The normalized spacial score (nSPS) is 13.9. The first-order valence-corrected chi connectivity index (χ1v) is 5.76. The van der Waals surface area contributed by atoms with Gasteiger partial charge in [-0.15, -0.1) is 12.4 Å². The van der Waals surface area contributed by atoms with Crippen LogP contribution in [0.3, 0.4) is 0 Å². The van der Waals surface area contributed by atoms with Gasteiger partial charge in [0.25, 0.3) is 0 Å². The molecule has 1 heterocycles. The molecular weight excluding hydrogens is 282 g/mol. The molecule has 7 nitrogen and oxygen atoms in total. The van der Waals surface area contributed by atoms with Crippen molar-refractivity contribution < 1.29 is 9.47 Å². The summed E-state index contributed by atoms with van der Waals surface area (Å²) >= 11 is 0. The number of halogens is 1. The molecule has 1 aliphatic heterocycles. The minimum absolute atomic E-state index is 0. The standard InChI is InChI=1S/C12H17N5O2.ClH/c1-17(2)12(14)16-11(13)15-6-8-3-4-9-10(5-8)19-7-18-9;/h3-5H,6-7H2,1-2H3,(H4,13,14,15,16);1H. The average molecular weight is 300 g/mol. The molecule has 0 saturated heterocycles. The number of hydrogen-bond donors (Lipinski definition) is 2. The van der Waals surface area contributed by atoms with Crippen LogP contribution in [-0.4, -0.2) is 37.7 Å². The van der Waals surface area contributed by atoms with Gasteiger partial charge in [-0.1, -0.05) is 6.07 Å². The van der Waals surface area contributed by atoms with Gasteiger partial charge in [-0.25, -0.2) is 4.99 Å². The predicted octanol–water partition coefficient (Wildman–Crippen LogP) is 0.528. The molecule has 110 valence electrons. The van der Waals surface area contributed by atoms with Crippen LogP contribution in [0.2, 0.25) is 0 Å². The zero-order chi connectivity index (χ0) is 13.8. The Labute approximate surface area is 123 Å². The SMILES string of the molecule is CN(C)C(N)=NC(N)=NCc1ccc2c(c1)OCO2.Cl. The van der Waals surface area contributed by atoms with Crippen LogP contribution < -0.4 is 20.9 Å². The summed E-state index contributed by atoms with van der Waals surface area (Å²) in [4.78, 5) is 9.76. The fourth-order valence-corrected chi connectivity index (χ4v) is 1.46. The highest BCUT2D eigenvalue weighted by Gasteiger charge is 2.12. The van der Waals surface area contributed by atoms with E-state index in [1.54, 1.807) is 19.0 Å². The summed E-state index contributed by atoms with van der Waals surface area (Å²) in [7, 11) is 3.56. The minimum Gasteiger partial charge on any atom is -0.454 e. The quantitative estimate of drug-likeness (QED) is 0.613. The van der Waals surface area contributed by atoms with Gasteiger partial charge in [-0.05, 0) is 17.7 Å². The smallest absolute Gasteiger partial charge is 0.231 e. The highest BCUT2D eigenvalue weighted by Crippen LogP contribution is 2.32. The third-order valence-electron chi connectivity index (χ3n) is 2.55. The molecular formula is C12H18ClN5O2. The third-order valence-corrected chi connectivity index (χ3v) is 2.55. The van der Waals surface area contributed by atoms with Gasteiger partial charge in [-0.2, -0.15) is 4.99 Å². The summed E-state index contributed by atoms with van der Waals surface area (Å²) in [6.45, 7) is 0.667. The second kappa shape index (κ2) is 6.85. The van der Waals surface area contributed by atoms with Crippen molar-refractivity contribution in [2.24, 2.45) is 21.5 Å². The summed E-state index contributed by atoms with van der Waals surface area (Å²) in [5.41, 5.74) is 12.3. The third kappa shape index (κ3) is 3.92. The van der Waals surface area contributed by atoms with Crippen molar-refractivity contribution in [2.75, 3.05) is 20.9 Å². The second-order valence-electron chi connectivity index (χ2n) is 4.23. The predicted molar refractivity (Wildman–Crippen MR) is 80.4 cm³/mol. The summed E-state index contributed by atoms with van der Waals surface area (Å²) in [5.74, 6) is 1.92. The Morgan fingerprint density at radius 1 is 1.25 bits per heavy atom. The van der Waals surface area contributed by atoms with Crippen molar-refractivity contribution >= 4 is 24.3 Å². The van der Waals surface area contributed by atoms with Gasteiger partial charge in [0, 0.05) is 14.1 Å². The van der Waals surface area contributed by atoms with Crippen LogP contribution in [0.15, 0.2) is 28.2 Å². The van der Waals surface area contributed by atoms with Gasteiger partial charge >= 0.3 is 0 Å². The van der Waals surface area contributed by atoms with Gasteiger partial charge in [0.2, 0.25) is 12.8 Å². The van der Waals surface area contributed by atoms with Crippen molar-refractivity contribution in [2.45, 2.75) is 6.54 Å². The number of rotatable bonds is 2. The first kappa shape index (κ1) is 15.9. The number of benzene rings is 1. The fourth-order valence-electron chi connectivity index (χ4n) is 1.46. The van der Waals surface area contributed by atoms with Crippen LogP contribution >= 0.6 is 12.4 Å². The summed E-state index contributed by atoms with van der Waals surface area (Å²) in [6.07, 6.45) is 0. The van der Waals surface area contributed by atoms with Crippen molar-refractivity contribution in [1.29, 1.82) is 0 Å². The maximum Gasteiger partial charge on any atom is 0.231 e. The number of aliphatic imine (C=N–C) groups is 2. The Hall–Kier alpha value is -2.15. The van der Waals surface area contributed by atoms with Crippen molar-refractivity contribution in [3.8, 4) is 11.5 Å². The molecule has 0 amide bonds. The van der Waals surface area contributed by atoms with Gasteiger partial charge in [-0.3, -0.25) is 0 Å². The van der Waals surface area contributed by atoms with E-state index in [9.17, 15) is 0 Å². The Balaban J connectivity index is 0.00000200. The molecule has 0 radical (unpaired) electrons. The monoisotopic (exact) mass is 299 g/mol. The number of hydrogen-bond acceptors (Lipinski definition) is 3. The zero-order valence-electron chi connectivity index (χ0n) is 11.4. The van der Waals surface area contributed by atoms with E-state index in [-0.39, 0.29) is 25.2 Å². The van der Waals surface area contributed by atoms with E-state index >= 15 is 0 Å². The minimum atomic E-state index is 0. The molecule has 1 aliphatic rings. The molecule has 0 aliphatic carbocycles. The van der Waals surface area contributed by atoms with Crippen LogP contribution in [0.25, 0.3) is 0 Å². The summed E-state index contributed by atoms with van der Waals surface area (Å²) in [5, 5.41) is 0. The van der Waals surface area contributed by atoms with E-state index in [0.29, 0.717) is 12.5 Å². The first-order chi connectivity index (χ1) is 9.06. The molecule has 0 spiro atoms. The van der Waals surface area contributed by atoms with Gasteiger partial charge in [0.05, 0.1) is 6.54 Å². The molecule has 20 heavy (non-hydrogen) atoms. The number of nitrogens with zero attached hydrogens (tertiary/aromatic N) is 3. The molecule has 8 heteroatoms. The van der Waals surface area contributed by atoms with Crippen molar-refractivity contribution in [1.82, 2.24) is 4.90 Å². The van der Waals surface area contributed by atoms with E-state index in [2.05, 4.69) is 9.98 Å². The molecule has 0 aromatic heterocycles. The second-order valence-corrected chi connectivity index (χ2v) is 4.23. The molecule has 0 atom stereocenters. The summed E-state index contributed by atoms with van der Waals surface area (Å²) in [6, 6.07) is 5.63. The number of nitrogens with two attached hydrogens (primary N) is 2.